The molecule has 1 saturated heterocycles. The molecule has 0 saturated carbocycles. The number of aromatic nitrogens is 2. The number of furan rings is 1. The van der Waals surface area contributed by atoms with Gasteiger partial charge in [-0.2, -0.15) is 5.10 Å². The van der Waals surface area contributed by atoms with Crippen molar-refractivity contribution in [2.75, 3.05) is 11.9 Å². The first-order valence-electron chi connectivity index (χ1n) is 9.18. The molecule has 0 spiro atoms. The number of nitrogens with zero attached hydrogens (tertiary/aromatic N) is 3. The third-order valence-corrected chi connectivity index (χ3v) is 4.69. The first-order valence-corrected chi connectivity index (χ1v) is 9.18. The number of amides is 3. The highest BCUT2D eigenvalue weighted by atomic mass is 16.3. The Morgan fingerprint density at radius 3 is 2.93 bits per heavy atom. The van der Waals surface area contributed by atoms with Crippen LogP contribution in [0.1, 0.15) is 18.6 Å². The maximum Gasteiger partial charge on any atom is 0.318 e. The molecular weight excluding hydrogens is 358 g/mol. The third-order valence-electron chi connectivity index (χ3n) is 4.69. The van der Waals surface area contributed by atoms with E-state index in [0.29, 0.717) is 31.0 Å². The quantitative estimate of drug-likeness (QED) is 0.713. The van der Waals surface area contributed by atoms with Crippen molar-refractivity contribution >= 4 is 17.6 Å². The summed E-state index contributed by atoms with van der Waals surface area (Å²) in [6.45, 7) is 0.845. The SMILES string of the molecule is O=C(Nc1cccc(-n2cccn2)c1)C1CCCN1C(=O)NCc1ccco1. The largest absolute Gasteiger partial charge is 0.467 e. The Morgan fingerprint density at radius 1 is 1.21 bits per heavy atom. The van der Waals surface area contributed by atoms with Gasteiger partial charge < -0.3 is 20.0 Å². The maximum absolute atomic E-state index is 12.8. The number of likely N-dealkylation sites (tertiary alicyclic amines) is 1. The fraction of sp³-hybridized carbons (Fsp3) is 0.250. The molecule has 2 N–H and O–H groups in total. The number of rotatable bonds is 5. The summed E-state index contributed by atoms with van der Waals surface area (Å²) in [7, 11) is 0. The highest BCUT2D eigenvalue weighted by Gasteiger charge is 2.34. The molecular formula is C20H21N5O3. The van der Waals surface area contributed by atoms with Crippen LogP contribution in [0.4, 0.5) is 10.5 Å². The first-order chi connectivity index (χ1) is 13.7. The molecule has 1 fully saturated rings. The molecule has 1 aromatic carbocycles. The van der Waals surface area contributed by atoms with Crippen molar-refractivity contribution in [1.82, 2.24) is 20.0 Å². The van der Waals surface area contributed by atoms with Crippen molar-refractivity contribution in [1.29, 1.82) is 0 Å². The molecule has 28 heavy (non-hydrogen) atoms. The summed E-state index contributed by atoms with van der Waals surface area (Å²) in [6.07, 6.45) is 6.52. The number of hydrogen-bond donors (Lipinski definition) is 2. The maximum atomic E-state index is 12.8. The standard InChI is InChI=1S/C20H21N5O3/c26-19(23-15-5-1-6-16(13-15)25-11-4-9-22-25)18-8-2-10-24(18)20(27)21-14-17-7-3-12-28-17/h1,3-7,9,11-13,18H,2,8,10,14H2,(H,21,27)(H,23,26). The molecule has 144 valence electrons. The van der Waals surface area contributed by atoms with Crippen LogP contribution >= 0.6 is 0 Å². The van der Waals surface area contributed by atoms with Crippen LogP contribution in [-0.4, -0.2) is 39.2 Å². The van der Waals surface area contributed by atoms with E-state index in [-0.39, 0.29) is 11.9 Å². The van der Waals surface area contributed by atoms with Crippen molar-refractivity contribution in [2.45, 2.75) is 25.4 Å². The third kappa shape index (κ3) is 3.90. The van der Waals surface area contributed by atoms with Crippen LogP contribution in [0.15, 0.2) is 65.5 Å². The predicted molar refractivity (Wildman–Crippen MR) is 103 cm³/mol. The first kappa shape index (κ1) is 17.8. The molecule has 1 aliphatic rings. The molecule has 4 rings (SSSR count). The molecule has 8 nitrogen and oxygen atoms in total. The van der Waals surface area contributed by atoms with E-state index in [4.69, 9.17) is 4.42 Å². The summed E-state index contributed by atoms with van der Waals surface area (Å²) < 4.78 is 6.94. The van der Waals surface area contributed by atoms with Gasteiger partial charge in [0.1, 0.15) is 11.8 Å². The van der Waals surface area contributed by atoms with Gasteiger partial charge >= 0.3 is 6.03 Å². The van der Waals surface area contributed by atoms with Crippen LogP contribution < -0.4 is 10.6 Å². The lowest BCUT2D eigenvalue weighted by Gasteiger charge is -2.24. The molecule has 2 aromatic heterocycles. The van der Waals surface area contributed by atoms with E-state index in [9.17, 15) is 9.59 Å². The zero-order chi connectivity index (χ0) is 19.3. The van der Waals surface area contributed by atoms with Crippen molar-refractivity contribution in [3.05, 3.63) is 66.9 Å². The number of carbonyl (C=O) groups is 2. The van der Waals surface area contributed by atoms with Crippen molar-refractivity contribution < 1.29 is 14.0 Å². The number of anilines is 1. The minimum atomic E-state index is -0.495. The average molecular weight is 379 g/mol. The van der Waals surface area contributed by atoms with Crippen molar-refractivity contribution in [3.63, 3.8) is 0 Å². The predicted octanol–water partition coefficient (Wildman–Crippen LogP) is 2.78. The molecule has 3 aromatic rings. The number of nitrogens with one attached hydrogen (secondary N) is 2. The second-order valence-corrected chi connectivity index (χ2v) is 6.58. The van der Waals surface area contributed by atoms with Crippen molar-refractivity contribution in [3.8, 4) is 5.69 Å². The fourth-order valence-electron chi connectivity index (χ4n) is 3.33. The van der Waals surface area contributed by atoms with E-state index in [0.717, 1.165) is 12.1 Å². The molecule has 0 aliphatic carbocycles. The summed E-state index contributed by atoms with van der Waals surface area (Å²) in [6, 6.07) is 12.1. The summed E-state index contributed by atoms with van der Waals surface area (Å²) in [5, 5.41) is 9.92. The smallest absolute Gasteiger partial charge is 0.318 e. The minimum absolute atomic E-state index is 0.191. The van der Waals surface area contributed by atoms with Crippen LogP contribution in [0.25, 0.3) is 5.69 Å². The molecule has 3 heterocycles. The Balaban J connectivity index is 1.39. The van der Waals surface area contributed by atoms with Gasteiger partial charge in [0, 0.05) is 24.6 Å². The van der Waals surface area contributed by atoms with Crippen molar-refractivity contribution in [2.24, 2.45) is 0 Å². The average Bonchev–Trinajstić information content (AvgIpc) is 3.49. The topological polar surface area (TPSA) is 92.4 Å². The molecule has 8 heteroatoms. The number of benzene rings is 1. The zero-order valence-electron chi connectivity index (χ0n) is 15.2. The second-order valence-electron chi connectivity index (χ2n) is 6.58. The van der Waals surface area contributed by atoms with Gasteiger partial charge in [0.15, 0.2) is 0 Å². The fourth-order valence-corrected chi connectivity index (χ4v) is 3.33. The summed E-state index contributed by atoms with van der Waals surface area (Å²) >= 11 is 0. The number of urea groups is 1. The Bertz CT molecular complexity index is 937. The minimum Gasteiger partial charge on any atom is -0.467 e. The summed E-state index contributed by atoms with van der Waals surface area (Å²) in [4.78, 5) is 26.9. The van der Waals surface area contributed by atoms with Crippen LogP contribution in [0, 0.1) is 0 Å². The van der Waals surface area contributed by atoms with Crippen LogP contribution in [0.5, 0.6) is 0 Å². The lowest BCUT2D eigenvalue weighted by molar-refractivity contribution is -0.119. The van der Waals surface area contributed by atoms with Gasteiger partial charge in [-0.25, -0.2) is 9.48 Å². The monoisotopic (exact) mass is 379 g/mol. The van der Waals surface area contributed by atoms with E-state index >= 15 is 0 Å². The van der Waals surface area contributed by atoms with Gasteiger partial charge in [0.05, 0.1) is 18.5 Å². The highest BCUT2D eigenvalue weighted by molar-refractivity contribution is 5.97. The molecule has 1 aliphatic heterocycles. The normalized spacial score (nSPS) is 16.1. The number of carbonyl (C=O) groups excluding carboxylic acids is 2. The van der Waals surface area contributed by atoms with E-state index in [1.165, 1.54) is 0 Å². The van der Waals surface area contributed by atoms with E-state index < -0.39 is 6.04 Å². The molecule has 3 amide bonds. The van der Waals surface area contributed by atoms with Crippen LogP contribution in [0.2, 0.25) is 0 Å². The Hall–Kier alpha value is -3.55. The zero-order valence-corrected chi connectivity index (χ0v) is 15.2. The molecule has 1 unspecified atom stereocenters. The van der Waals surface area contributed by atoms with E-state index in [1.54, 1.807) is 34.2 Å². The highest BCUT2D eigenvalue weighted by Crippen LogP contribution is 2.20. The second kappa shape index (κ2) is 7.99. The molecule has 1 atom stereocenters. The van der Waals surface area contributed by atoms with Gasteiger partial charge in [0.25, 0.3) is 0 Å². The number of hydrogen-bond acceptors (Lipinski definition) is 4. The van der Waals surface area contributed by atoms with Gasteiger partial charge in [-0.15, -0.1) is 0 Å². The summed E-state index contributed by atoms with van der Waals surface area (Å²) in [5.74, 6) is 0.479. The molecule has 0 radical (unpaired) electrons. The molecule has 0 bridgehead atoms. The van der Waals surface area contributed by atoms with Crippen LogP contribution in [-0.2, 0) is 11.3 Å². The van der Waals surface area contributed by atoms with E-state index in [2.05, 4.69) is 15.7 Å². The van der Waals surface area contributed by atoms with Gasteiger partial charge in [-0.05, 0) is 49.2 Å². The Labute approximate surface area is 162 Å². The summed E-state index contributed by atoms with van der Waals surface area (Å²) in [5.41, 5.74) is 1.52. The van der Waals surface area contributed by atoms with Gasteiger partial charge in [0.2, 0.25) is 5.91 Å². The lowest BCUT2D eigenvalue weighted by Crippen LogP contribution is -2.47. The van der Waals surface area contributed by atoms with Gasteiger partial charge in [-0.3, -0.25) is 4.79 Å². The Morgan fingerprint density at radius 2 is 2.14 bits per heavy atom. The van der Waals surface area contributed by atoms with Crippen LogP contribution in [0.3, 0.4) is 0 Å². The van der Waals surface area contributed by atoms with Gasteiger partial charge in [-0.1, -0.05) is 6.07 Å². The van der Waals surface area contributed by atoms with E-state index in [1.807, 2.05) is 36.5 Å². The lowest BCUT2D eigenvalue weighted by atomic mass is 10.2. The Kier molecular flexibility index (Phi) is 5.09.